The summed E-state index contributed by atoms with van der Waals surface area (Å²) in [5.74, 6) is -0.487. The summed E-state index contributed by atoms with van der Waals surface area (Å²) in [6, 6.07) is 14.1. The van der Waals surface area contributed by atoms with Crippen LogP contribution >= 0.6 is 0 Å². The van der Waals surface area contributed by atoms with Crippen LogP contribution in [0.15, 0.2) is 42.5 Å². The van der Waals surface area contributed by atoms with Crippen LogP contribution in [0.5, 0.6) is 0 Å². The van der Waals surface area contributed by atoms with Crippen LogP contribution in [0.3, 0.4) is 0 Å². The van der Waals surface area contributed by atoms with E-state index in [1.165, 1.54) is 27.7 Å². The number of rotatable bonds is 3. The minimum Gasteiger partial charge on any atom is -0.340 e. The zero-order valence-corrected chi connectivity index (χ0v) is 15.1. The van der Waals surface area contributed by atoms with Gasteiger partial charge in [-0.25, -0.2) is 5.48 Å². The van der Waals surface area contributed by atoms with E-state index in [2.05, 4.69) is 41.6 Å². The summed E-state index contributed by atoms with van der Waals surface area (Å²) in [7, 11) is 2.17. The molecule has 2 N–H and O–H groups in total. The Hall–Kier alpha value is -2.63. The van der Waals surface area contributed by atoms with Crippen molar-refractivity contribution in [1.82, 2.24) is 14.9 Å². The number of fused-ring (bicyclic) bond motifs is 3. The van der Waals surface area contributed by atoms with Crippen molar-refractivity contribution >= 4 is 16.8 Å². The van der Waals surface area contributed by atoms with Crippen LogP contribution in [-0.4, -0.2) is 34.2 Å². The fourth-order valence-electron chi connectivity index (χ4n) is 3.89. The topological polar surface area (TPSA) is 57.5 Å². The molecule has 1 amide bonds. The van der Waals surface area contributed by atoms with Crippen LogP contribution in [-0.2, 0) is 19.5 Å². The predicted octanol–water partition coefficient (Wildman–Crippen LogP) is 3.10. The van der Waals surface area contributed by atoms with Crippen LogP contribution < -0.4 is 5.48 Å². The third kappa shape index (κ3) is 2.89. The van der Waals surface area contributed by atoms with E-state index in [1.807, 2.05) is 12.1 Å². The first-order chi connectivity index (χ1) is 12.6. The summed E-state index contributed by atoms with van der Waals surface area (Å²) in [4.78, 5) is 13.9. The van der Waals surface area contributed by atoms with Gasteiger partial charge in [0, 0.05) is 48.2 Å². The molecular weight excluding hydrogens is 326 g/mol. The lowest BCUT2D eigenvalue weighted by molar-refractivity contribution is 0.0706. The first-order valence-corrected chi connectivity index (χ1v) is 8.89. The van der Waals surface area contributed by atoms with Crippen LogP contribution in [0.2, 0.25) is 0 Å². The number of nitrogens with one attached hydrogen (secondary N) is 1. The highest BCUT2D eigenvalue weighted by Crippen LogP contribution is 2.32. The third-order valence-corrected chi connectivity index (χ3v) is 5.26. The molecule has 0 saturated heterocycles. The zero-order chi connectivity index (χ0) is 18.3. The Balaban J connectivity index is 1.76. The second kappa shape index (κ2) is 6.59. The molecule has 3 aromatic rings. The number of hydroxylamine groups is 1. The van der Waals surface area contributed by atoms with E-state index >= 15 is 0 Å². The number of carbonyl (C=O) groups excluding carboxylic acids is 1. The highest BCUT2D eigenvalue weighted by atomic mass is 16.5. The number of carbonyl (C=O) groups is 1. The number of amides is 1. The van der Waals surface area contributed by atoms with Crippen molar-refractivity contribution < 1.29 is 10.0 Å². The van der Waals surface area contributed by atoms with Gasteiger partial charge in [-0.1, -0.05) is 23.8 Å². The summed E-state index contributed by atoms with van der Waals surface area (Å²) < 4.78 is 2.41. The highest BCUT2D eigenvalue weighted by molar-refractivity contribution is 5.93. The van der Waals surface area contributed by atoms with Crippen molar-refractivity contribution in [3.05, 3.63) is 70.4 Å². The second-order valence-corrected chi connectivity index (χ2v) is 7.16. The number of benzene rings is 2. The normalized spacial score (nSPS) is 14.4. The summed E-state index contributed by atoms with van der Waals surface area (Å²) in [6.45, 7) is 4.97. The van der Waals surface area contributed by atoms with Gasteiger partial charge in [-0.2, -0.15) is 0 Å². The molecule has 1 aliphatic rings. The number of hydrogen-bond donors (Lipinski definition) is 2. The molecule has 0 spiro atoms. The van der Waals surface area contributed by atoms with E-state index in [9.17, 15) is 4.79 Å². The number of nitrogens with zero attached hydrogens (tertiary/aromatic N) is 2. The zero-order valence-electron chi connectivity index (χ0n) is 15.1. The van der Waals surface area contributed by atoms with Gasteiger partial charge >= 0.3 is 0 Å². The van der Waals surface area contributed by atoms with Gasteiger partial charge in [0.2, 0.25) is 0 Å². The highest BCUT2D eigenvalue weighted by Gasteiger charge is 2.22. The SMILES string of the molecule is Cc1ccc2c(c1)c1c(n2Cc2ccc(C(=O)NO)cc2)CCN(C)C1. The molecule has 2 heterocycles. The molecule has 5 nitrogen and oxygen atoms in total. The van der Waals surface area contributed by atoms with Gasteiger partial charge in [-0.05, 0) is 49.4 Å². The van der Waals surface area contributed by atoms with Gasteiger partial charge in [0.05, 0.1) is 0 Å². The molecule has 134 valence electrons. The molecule has 1 aliphatic heterocycles. The second-order valence-electron chi connectivity index (χ2n) is 7.16. The minimum absolute atomic E-state index is 0.452. The standard InChI is InChI=1S/C21H23N3O2/c1-14-3-8-19-17(11-14)18-13-23(2)10-9-20(18)24(19)12-15-4-6-16(7-5-15)21(25)22-26/h3-8,11,26H,9-10,12-13H2,1-2H3,(H,22,25). The van der Waals surface area contributed by atoms with E-state index in [0.717, 1.165) is 31.6 Å². The number of aromatic nitrogens is 1. The van der Waals surface area contributed by atoms with Crippen LogP contribution in [0, 0.1) is 6.92 Å². The third-order valence-electron chi connectivity index (χ3n) is 5.26. The predicted molar refractivity (Wildman–Crippen MR) is 102 cm³/mol. The molecule has 0 saturated carbocycles. The summed E-state index contributed by atoms with van der Waals surface area (Å²) in [6.07, 6.45) is 1.05. The minimum atomic E-state index is -0.487. The number of likely N-dealkylation sites (N-methyl/N-ethyl adjacent to an activating group) is 1. The Bertz CT molecular complexity index is 973. The molecule has 0 bridgehead atoms. The van der Waals surface area contributed by atoms with E-state index in [-0.39, 0.29) is 0 Å². The molecule has 1 aromatic heterocycles. The average Bonchev–Trinajstić information content (AvgIpc) is 2.94. The summed E-state index contributed by atoms with van der Waals surface area (Å²) in [5, 5.41) is 10.1. The Morgan fingerprint density at radius 2 is 1.96 bits per heavy atom. The van der Waals surface area contributed by atoms with E-state index < -0.39 is 5.91 Å². The number of hydrogen-bond acceptors (Lipinski definition) is 3. The van der Waals surface area contributed by atoms with Gasteiger partial charge in [-0.3, -0.25) is 10.0 Å². The Morgan fingerprint density at radius 3 is 2.69 bits per heavy atom. The summed E-state index contributed by atoms with van der Waals surface area (Å²) in [5.41, 5.74) is 8.67. The first-order valence-electron chi connectivity index (χ1n) is 8.89. The Kier molecular flexibility index (Phi) is 4.26. The molecular formula is C21H23N3O2. The molecule has 0 radical (unpaired) electrons. The van der Waals surface area contributed by atoms with Crippen molar-refractivity contribution in [1.29, 1.82) is 0 Å². The van der Waals surface area contributed by atoms with Gasteiger partial charge in [-0.15, -0.1) is 0 Å². The molecule has 5 heteroatoms. The van der Waals surface area contributed by atoms with E-state index in [1.54, 1.807) is 17.6 Å². The van der Waals surface area contributed by atoms with Crippen LogP contribution in [0.4, 0.5) is 0 Å². The van der Waals surface area contributed by atoms with Gasteiger partial charge < -0.3 is 9.47 Å². The lowest BCUT2D eigenvalue weighted by Gasteiger charge is -2.24. The molecule has 26 heavy (non-hydrogen) atoms. The molecule has 0 unspecified atom stereocenters. The maximum atomic E-state index is 11.5. The largest absolute Gasteiger partial charge is 0.340 e. The van der Waals surface area contributed by atoms with Crippen molar-refractivity contribution in [3.63, 3.8) is 0 Å². The van der Waals surface area contributed by atoms with Crippen molar-refractivity contribution in [2.45, 2.75) is 26.4 Å². The van der Waals surface area contributed by atoms with Crippen LogP contribution in [0.25, 0.3) is 10.9 Å². The summed E-state index contributed by atoms with van der Waals surface area (Å²) >= 11 is 0. The quantitative estimate of drug-likeness (QED) is 0.564. The fraction of sp³-hybridized carbons (Fsp3) is 0.286. The van der Waals surface area contributed by atoms with Gasteiger partial charge in [0.15, 0.2) is 0 Å². The molecule has 4 rings (SSSR count). The molecule has 0 aliphatic carbocycles. The Labute approximate surface area is 152 Å². The molecule has 0 fully saturated rings. The number of aryl methyl sites for hydroxylation is 1. The first kappa shape index (κ1) is 16.8. The van der Waals surface area contributed by atoms with Crippen molar-refractivity contribution in [2.75, 3.05) is 13.6 Å². The maximum absolute atomic E-state index is 11.5. The lowest BCUT2D eigenvalue weighted by atomic mass is 10.0. The average molecular weight is 349 g/mol. The van der Waals surface area contributed by atoms with E-state index in [0.29, 0.717) is 5.56 Å². The Morgan fingerprint density at radius 1 is 1.19 bits per heavy atom. The van der Waals surface area contributed by atoms with Gasteiger partial charge in [0.1, 0.15) is 0 Å². The van der Waals surface area contributed by atoms with Crippen molar-refractivity contribution in [3.8, 4) is 0 Å². The smallest absolute Gasteiger partial charge is 0.274 e. The maximum Gasteiger partial charge on any atom is 0.274 e. The molecule has 2 aromatic carbocycles. The fourth-order valence-corrected chi connectivity index (χ4v) is 3.89. The monoisotopic (exact) mass is 349 g/mol. The molecule has 0 atom stereocenters. The van der Waals surface area contributed by atoms with Crippen LogP contribution in [0.1, 0.15) is 32.7 Å². The van der Waals surface area contributed by atoms with Gasteiger partial charge in [0.25, 0.3) is 5.91 Å². The lowest BCUT2D eigenvalue weighted by Crippen LogP contribution is -2.27. The van der Waals surface area contributed by atoms with E-state index in [4.69, 9.17) is 5.21 Å². The van der Waals surface area contributed by atoms with Crippen molar-refractivity contribution in [2.24, 2.45) is 0 Å².